The third-order valence-corrected chi connectivity index (χ3v) is 5.69. The molecule has 0 aliphatic heterocycles. The molecule has 0 aliphatic rings. The van der Waals surface area contributed by atoms with Gasteiger partial charge in [0, 0.05) is 19.4 Å². The van der Waals surface area contributed by atoms with E-state index in [1.807, 2.05) is 50.7 Å². The van der Waals surface area contributed by atoms with Crippen LogP contribution in [0.25, 0.3) is 10.2 Å². The van der Waals surface area contributed by atoms with E-state index in [4.69, 9.17) is 4.74 Å². The highest BCUT2D eigenvalue weighted by Crippen LogP contribution is 2.35. The monoisotopic (exact) mass is 437 g/mol. The third kappa shape index (κ3) is 4.48. The third-order valence-electron chi connectivity index (χ3n) is 4.49. The molecule has 0 aliphatic carbocycles. The summed E-state index contributed by atoms with van der Waals surface area (Å²) in [6.45, 7) is 6.15. The number of ether oxygens (including phenoxy) is 1. The smallest absolute Gasteiger partial charge is 0.262 e. The van der Waals surface area contributed by atoms with Gasteiger partial charge < -0.3 is 19.9 Å². The molecule has 9 nitrogen and oxygen atoms in total. The molecule has 0 saturated heterocycles. The highest BCUT2D eigenvalue weighted by atomic mass is 32.1. The second kappa shape index (κ2) is 8.68. The van der Waals surface area contributed by atoms with E-state index >= 15 is 0 Å². The zero-order valence-electron chi connectivity index (χ0n) is 17.7. The minimum absolute atomic E-state index is 0.0156. The van der Waals surface area contributed by atoms with Gasteiger partial charge in [-0.1, -0.05) is 0 Å². The van der Waals surface area contributed by atoms with Crippen molar-refractivity contribution in [1.82, 2.24) is 29.8 Å². The quantitative estimate of drug-likeness (QED) is 0.455. The van der Waals surface area contributed by atoms with Gasteiger partial charge in [-0.25, -0.2) is 19.9 Å². The predicted molar refractivity (Wildman–Crippen MR) is 120 cm³/mol. The molecule has 160 valence electrons. The van der Waals surface area contributed by atoms with Crippen molar-refractivity contribution in [1.29, 1.82) is 0 Å². The molecule has 0 radical (unpaired) electrons. The average Bonchev–Trinajstić information content (AvgIpc) is 3.31. The van der Waals surface area contributed by atoms with Gasteiger partial charge in [-0.3, -0.25) is 4.79 Å². The summed E-state index contributed by atoms with van der Waals surface area (Å²) < 4.78 is 7.64. The van der Waals surface area contributed by atoms with Gasteiger partial charge in [0.2, 0.25) is 5.88 Å². The molecule has 0 fully saturated rings. The number of pyridine rings is 1. The van der Waals surface area contributed by atoms with Gasteiger partial charge >= 0.3 is 0 Å². The number of amides is 1. The van der Waals surface area contributed by atoms with Gasteiger partial charge in [0.1, 0.15) is 22.7 Å². The van der Waals surface area contributed by atoms with Crippen molar-refractivity contribution in [3.8, 4) is 5.88 Å². The molecule has 10 heteroatoms. The van der Waals surface area contributed by atoms with Gasteiger partial charge in [-0.05, 0) is 38.5 Å². The number of fused-ring (bicyclic) bond motifs is 1. The molecular weight excluding hydrogens is 414 g/mol. The highest BCUT2D eigenvalue weighted by Gasteiger charge is 2.20. The van der Waals surface area contributed by atoms with Gasteiger partial charge in [0.25, 0.3) is 5.91 Å². The van der Waals surface area contributed by atoms with Gasteiger partial charge in [-0.15, -0.1) is 11.3 Å². The molecule has 1 amide bonds. The molecule has 4 rings (SSSR count). The van der Waals surface area contributed by atoms with Gasteiger partial charge in [0.05, 0.1) is 34.9 Å². The number of carbonyl (C=O) groups is 1. The topological polar surface area (TPSA) is 107 Å². The Balaban J connectivity index is 1.62. The fourth-order valence-electron chi connectivity index (χ4n) is 3.12. The Kier molecular flexibility index (Phi) is 5.81. The first-order chi connectivity index (χ1) is 14.9. The van der Waals surface area contributed by atoms with Crippen molar-refractivity contribution < 1.29 is 9.53 Å². The molecule has 31 heavy (non-hydrogen) atoms. The second-order valence-electron chi connectivity index (χ2n) is 7.32. The summed E-state index contributed by atoms with van der Waals surface area (Å²) in [6, 6.07) is 3.70. The van der Waals surface area contributed by atoms with E-state index in [1.165, 1.54) is 17.7 Å². The molecule has 4 heterocycles. The summed E-state index contributed by atoms with van der Waals surface area (Å²) >= 11 is 1.34. The van der Waals surface area contributed by atoms with Crippen LogP contribution in [0.1, 0.15) is 34.8 Å². The largest absolute Gasteiger partial charge is 0.473 e. The molecule has 0 spiro atoms. The van der Waals surface area contributed by atoms with Gasteiger partial charge in [-0.2, -0.15) is 0 Å². The normalized spacial score (nSPS) is 11.1. The summed E-state index contributed by atoms with van der Waals surface area (Å²) in [6.07, 6.45) is 6.72. The molecule has 4 aromatic heterocycles. The number of anilines is 2. The Hall–Kier alpha value is -3.53. The summed E-state index contributed by atoms with van der Waals surface area (Å²) in [4.78, 5) is 31.5. The molecule has 4 aromatic rings. The lowest BCUT2D eigenvalue weighted by atomic mass is 10.2. The van der Waals surface area contributed by atoms with Crippen molar-refractivity contribution in [2.75, 3.05) is 5.32 Å². The van der Waals surface area contributed by atoms with Crippen LogP contribution in [-0.2, 0) is 13.6 Å². The lowest BCUT2D eigenvalue weighted by Gasteiger charge is -2.14. The fraction of sp³-hybridized carbons (Fsp3) is 0.286. The summed E-state index contributed by atoms with van der Waals surface area (Å²) in [7, 11) is 1.89. The maximum absolute atomic E-state index is 12.8. The van der Waals surface area contributed by atoms with Crippen LogP contribution in [-0.4, -0.2) is 36.5 Å². The number of aryl methyl sites for hydroxylation is 2. The average molecular weight is 438 g/mol. The zero-order chi connectivity index (χ0) is 22.0. The number of imidazole rings is 1. The first-order valence-electron chi connectivity index (χ1n) is 9.80. The molecule has 0 aromatic carbocycles. The second-order valence-corrected chi connectivity index (χ2v) is 8.32. The Morgan fingerprint density at radius 1 is 1.26 bits per heavy atom. The molecular formula is C21H23N7O2S. The molecule has 0 bridgehead atoms. The maximum Gasteiger partial charge on any atom is 0.262 e. The molecule has 2 N–H and O–H groups in total. The zero-order valence-corrected chi connectivity index (χ0v) is 18.5. The summed E-state index contributed by atoms with van der Waals surface area (Å²) in [5.74, 6) is 0.928. The number of hydrogen-bond acceptors (Lipinski definition) is 8. The summed E-state index contributed by atoms with van der Waals surface area (Å²) in [5, 5.41) is 7.03. The Bertz CT molecular complexity index is 1230. The van der Waals surface area contributed by atoms with Crippen LogP contribution < -0.4 is 15.4 Å². The summed E-state index contributed by atoms with van der Waals surface area (Å²) in [5.41, 5.74) is 2.31. The number of hydrogen-bond donors (Lipinski definition) is 2. The lowest BCUT2D eigenvalue weighted by molar-refractivity contribution is 0.0954. The first kappa shape index (κ1) is 20.7. The van der Waals surface area contributed by atoms with E-state index in [-0.39, 0.29) is 12.0 Å². The Labute approximate surface area is 183 Å². The lowest BCUT2D eigenvalue weighted by Crippen LogP contribution is -2.22. The highest BCUT2D eigenvalue weighted by molar-refractivity contribution is 7.20. The first-order valence-corrected chi connectivity index (χ1v) is 10.6. The van der Waals surface area contributed by atoms with Crippen LogP contribution in [0.2, 0.25) is 0 Å². The van der Waals surface area contributed by atoms with Crippen LogP contribution >= 0.6 is 11.3 Å². The molecule has 0 unspecified atom stereocenters. The van der Waals surface area contributed by atoms with Crippen molar-refractivity contribution >= 4 is 39.0 Å². The Morgan fingerprint density at radius 2 is 2.10 bits per heavy atom. The van der Waals surface area contributed by atoms with E-state index in [2.05, 4.69) is 30.6 Å². The van der Waals surface area contributed by atoms with Crippen LogP contribution in [0.15, 0.2) is 37.2 Å². The predicted octanol–water partition coefficient (Wildman–Crippen LogP) is 3.59. The van der Waals surface area contributed by atoms with E-state index in [1.54, 1.807) is 12.5 Å². The van der Waals surface area contributed by atoms with Crippen molar-refractivity contribution in [3.63, 3.8) is 0 Å². The van der Waals surface area contributed by atoms with Crippen molar-refractivity contribution in [2.24, 2.45) is 7.05 Å². The number of aromatic nitrogens is 5. The molecule has 0 saturated carbocycles. The van der Waals surface area contributed by atoms with Crippen molar-refractivity contribution in [2.45, 2.75) is 33.4 Å². The van der Waals surface area contributed by atoms with Crippen LogP contribution in [0.5, 0.6) is 5.88 Å². The van der Waals surface area contributed by atoms with Crippen LogP contribution in [0.4, 0.5) is 11.5 Å². The SMILES string of the molecule is Cc1c(C(=O)NCc2cn(C)cn2)sc2ncnc(Nc3cccnc3OC(C)C)c12. The standard InChI is InChI=1S/C21H23N7O2S/c1-12(2)30-20-15(6-5-7-22-20)27-18-16-13(3)17(31-21(16)25-10-24-18)19(29)23-8-14-9-28(4)11-26-14/h5-7,9-12H,8H2,1-4H3,(H,23,29)(H,24,25,27). The van der Waals surface area contributed by atoms with E-state index in [9.17, 15) is 4.79 Å². The van der Waals surface area contributed by atoms with E-state index in [0.29, 0.717) is 28.8 Å². The van der Waals surface area contributed by atoms with Crippen LogP contribution in [0.3, 0.4) is 0 Å². The van der Waals surface area contributed by atoms with E-state index < -0.39 is 0 Å². The molecule has 0 atom stereocenters. The minimum atomic E-state index is -0.165. The number of rotatable bonds is 7. The number of carbonyl (C=O) groups excluding carboxylic acids is 1. The fourth-order valence-corrected chi connectivity index (χ4v) is 4.19. The van der Waals surface area contributed by atoms with Crippen LogP contribution in [0, 0.1) is 6.92 Å². The number of thiophene rings is 1. The number of nitrogens with zero attached hydrogens (tertiary/aromatic N) is 5. The van der Waals surface area contributed by atoms with Crippen molar-refractivity contribution in [3.05, 3.63) is 53.3 Å². The Morgan fingerprint density at radius 3 is 2.84 bits per heavy atom. The maximum atomic E-state index is 12.8. The van der Waals surface area contributed by atoms with Gasteiger partial charge in [0.15, 0.2) is 0 Å². The number of nitrogens with one attached hydrogen (secondary N) is 2. The minimum Gasteiger partial charge on any atom is -0.473 e. The van der Waals surface area contributed by atoms with E-state index in [0.717, 1.165) is 21.5 Å².